The van der Waals surface area contributed by atoms with Crippen LogP contribution in [-0.2, 0) is 11.3 Å². The molecule has 0 saturated carbocycles. The first kappa shape index (κ1) is 16.6. The van der Waals surface area contributed by atoms with Gasteiger partial charge in [0.15, 0.2) is 0 Å². The predicted octanol–water partition coefficient (Wildman–Crippen LogP) is 2.26. The Bertz CT molecular complexity index is 546. The topological polar surface area (TPSA) is 41.6 Å². The Morgan fingerprint density at radius 2 is 2.14 bits per heavy atom. The smallest absolute Gasteiger partial charge is 0.406 e. The van der Waals surface area contributed by atoms with Crippen LogP contribution in [-0.4, -0.2) is 43.2 Å². The molecule has 0 spiro atoms. The van der Waals surface area contributed by atoms with Crippen LogP contribution in [0.4, 0.5) is 13.2 Å². The summed E-state index contributed by atoms with van der Waals surface area (Å²) in [5.41, 5.74) is 1.92. The molecule has 1 aromatic carbocycles. The van der Waals surface area contributed by atoms with Gasteiger partial charge in [-0.3, -0.25) is 4.79 Å². The van der Waals surface area contributed by atoms with Crippen LogP contribution in [0.1, 0.15) is 17.5 Å². The molecule has 122 valence electrons. The molecule has 0 aromatic heterocycles. The van der Waals surface area contributed by atoms with Crippen LogP contribution in [0.5, 0.6) is 5.75 Å². The molecule has 1 fully saturated rings. The van der Waals surface area contributed by atoms with Crippen molar-refractivity contribution in [1.29, 1.82) is 0 Å². The van der Waals surface area contributed by atoms with Crippen molar-refractivity contribution >= 4 is 5.91 Å². The van der Waals surface area contributed by atoms with E-state index in [1.807, 2.05) is 25.1 Å². The quantitative estimate of drug-likeness (QED) is 0.906. The van der Waals surface area contributed by atoms with Gasteiger partial charge in [0.25, 0.3) is 0 Å². The average Bonchev–Trinajstić information content (AvgIpc) is 2.77. The lowest BCUT2D eigenvalue weighted by Gasteiger charge is -2.18. The molecule has 0 bridgehead atoms. The Morgan fingerprint density at radius 1 is 1.41 bits per heavy atom. The van der Waals surface area contributed by atoms with Gasteiger partial charge in [-0.1, -0.05) is 12.1 Å². The van der Waals surface area contributed by atoms with Gasteiger partial charge in [0, 0.05) is 13.1 Å². The highest BCUT2D eigenvalue weighted by Gasteiger charge is 2.38. The van der Waals surface area contributed by atoms with Crippen molar-refractivity contribution in [3.05, 3.63) is 29.3 Å². The number of likely N-dealkylation sites (tertiary alicyclic amines) is 1. The summed E-state index contributed by atoms with van der Waals surface area (Å²) in [5, 5.41) is 3.02. The van der Waals surface area contributed by atoms with Gasteiger partial charge in [-0.25, -0.2) is 0 Å². The van der Waals surface area contributed by atoms with Crippen molar-refractivity contribution < 1.29 is 22.7 Å². The van der Waals surface area contributed by atoms with Crippen LogP contribution in [0.15, 0.2) is 18.2 Å². The average molecular weight is 316 g/mol. The van der Waals surface area contributed by atoms with Gasteiger partial charge in [-0.2, -0.15) is 13.2 Å². The number of benzene rings is 1. The van der Waals surface area contributed by atoms with Gasteiger partial charge in [0.2, 0.25) is 5.91 Å². The van der Waals surface area contributed by atoms with E-state index in [1.54, 1.807) is 7.11 Å². The molecule has 22 heavy (non-hydrogen) atoms. The molecule has 4 nitrogen and oxygen atoms in total. The van der Waals surface area contributed by atoms with Gasteiger partial charge in [-0.15, -0.1) is 0 Å². The molecule has 1 aliphatic heterocycles. The zero-order chi connectivity index (χ0) is 16.3. The van der Waals surface area contributed by atoms with Crippen molar-refractivity contribution in [2.75, 3.05) is 20.2 Å². The monoisotopic (exact) mass is 316 g/mol. The molecule has 1 aromatic rings. The number of alkyl halides is 3. The standard InChI is InChI=1S/C15H19F3N2O2/c1-10-3-4-11(7-13(10)22-2)8-19-12-5-6-20(14(12)21)9-15(16,17)18/h3-4,7,12,19H,5-6,8-9H2,1-2H3/t12-/m0/s1. The minimum absolute atomic E-state index is 0.132. The van der Waals surface area contributed by atoms with Crippen LogP contribution in [0, 0.1) is 6.92 Å². The summed E-state index contributed by atoms with van der Waals surface area (Å²) in [4.78, 5) is 12.8. The van der Waals surface area contributed by atoms with Crippen LogP contribution in [0.3, 0.4) is 0 Å². The summed E-state index contributed by atoms with van der Waals surface area (Å²) in [6.07, 6.45) is -3.97. The summed E-state index contributed by atoms with van der Waals surface area (Å²) < 4.78 is 42.3. The first-order valence-corrected chi connectivity index (χ1v) is 7.02. The van der Waals surface area contributed by atoms with E-state index in [4.69, 9.17) is 4.74 Å². The number of amides is 1. The first-order chi connectivity index (χ1) is 10.3. The molecule has 2 rings (SSSR count). The molecular weight excluding hydrogens is 297 g/mol. The maximum Gasteiger partial charge on any atom is 0.406 e. The molecule has 1 heterocycles. The predicted molar refractivity (Wildman–Crippen MR) is 75.6 cm³/mol. The zero-order valence-electron chi connectivity index (χ0n) is 12.5. The number of hydrogen-bond acceptors (Lipinski definition) is 3. The highest BCUT2D eigenvalue weighted by atomic mass is 19.4. The SMILES string of the molecule is COc1cc(CN[C@H]2CCN(CC(F)(F)F)C2=O)ccc1C. The second-order valence-electron chi connectivity index (χ2n) is 5.40. The minimum Gasteiger partial charge on any atom is -0.496 e. The van der Waals surface area contributed by atoms with E-state index in [0.29, 0.717) is 13.0 Å². The number of halogens is 3. The summed E-state index contributed by atoms with van der Waals surface area (Å²) in [6, 6.07) is 5.10. The maximum absolute atomic E-state index is 12.4. The molecular formula is C15H19F3N2O2. The number of nitrogens with one attached hydrogen (secondary N) is 1. The van der Waals surface area contributed by atoms with Crippen molar-refractivity contribution in [1.82, 2.24) is 10.2 Å². The highest BCUT2D eigenvalue weighted by molar-refractivity contribution is 5.84. The fraction of sp³-hybridized carbons (Fsp3) is 0.533. The van der Waals surface area contributed by atoms with Gasteiger partial charge in [0.1, 0.15) is 12.3 Å². The second-order valence-corrected chi connectivity index (χ2v) is 5.40. The molecule has 0 aliphatic carbocycles. The van der Waals surface area contributed by atoms with Gasteiger partial charge >= 0.3 is 6.18 Å². The van der Waals surface area contributed by atoms with E-state index in [2.05, 4.69) is 5.32 Å². The second kappa shape index (κ2) is 6.56. The van der Waals surface area contributed by atoms with Gasteiger partial charge in [-0.05, 0) is 30.5 Å². The number of aryl methyl sites for hydroxylation is 1. The Labute approximate surface area is 127 Å². The lowest BCUT2D eigenvalue weighted by atomic mass is 10.1. The summed E-state index contributed by atoms with van der Waals surface area (Å²) in [5.74, 6) is 0.257. The van der Waals surface area contributed by atoms with E-state index >= 15 is 0 Å². The Morgan fingerprint density at radius 3 is 2.77 bits per heavy atom. The maximum atomic E-state index is 12.4. The third-order valence-electron chi connectivity index (χ3n) is 3.69. The van der Waals surface area contributed by atoms with Crippen LogP contribution in [0.25, 0.3) is 0 Å². The largest absolute Gasteiger partial charge is 0.496 e. The van der Waals surface area contributed by atoms with E-state index < -0.39 is 24.7 Å². The van der Waals surface area contributed by atoms with E-state index in [0.717, 1.165) is 21.8 Å². The minimum atomic E-state index is -4.35. The Hall–Kier alpha value is -1.76. The lowest BCUT2D eigenvalue weighted by molar-refractivity contribution is -0.158. The molecule has 0 radical (unpaired) electrons. The van der Waals surface area contributed by atoms with Crippen molar-refractivity contribution in [3.63, 3.8) is 0 Å². The summed E-state index contributed by atoms with van der Waals surface area (Å²) in [7, 11) is 1.58. The van der Waals surface area contributed by atoms with Crippen LogP contribution >= 0.6 is 0 Å². The van der Waals surface area contributed by atoms with Crippen molar-refractivity contribution in [2.24, 2.45) is 0 Å². The lowest BCUT2D eigenvalue weighted by Crippen LogP contribution is -2.41. The molecule has 1 atom stereocenters. The van der Waals surface area contributed by atoms with Gasteiger partial charge < -0.3 is 15.0 Å². The number of hydrogen-bond donors (Lipinski definition) is 1. The summed E-state index contributed by atoms with van der Waals surface area (Å²) >= 11 is 0. The molecule has 1 amide bonds. The zero-order valence-corrected chi connectivity index (χ0v) is 12.5. The molecule has 0 unspecified atom stereocenters. The number of nitrogens with zero attached hydrogens (tertiary/aromatic N) is 1. The first-order valence-electron chi connectivity index (χ1n) is 7.02. The third-order valence-corrected chi connectivity index (χ3v) is 3.69. The molecule has 1 saturated heterocycles. The number of carbonyl (C=O) groups excluding carboxylic acids is 1. The van der Waals surface area contributed by atoms with Crippen LogP contribution in [0.2, 0.25) is 0 Å². The molecule has 1 N–H and O–H groups in total. The van der Waals surface area contributed by atoms with E-state index in [-0.39, 0.29) is 6.54 Å². The fourth-order valence-electron chi connectivity index (χ4n) is 2.52. The normalized spacial score (nSPS) is 18.9. The number of ether oxygens (including phenoxy) is 1. The number of rotatable bonds is 5. The number of carbonyl (C=O) groups is 1. The molecule has 7 heteroatoms. The fourth-order valence-corrected chi connectivity index (χ4v) is 2.52. The van der Waals surface area contributed by atoms with E-state index in [1.165, 1.54) is 0 Å². The summed E-state index contributed by atoms with van der Waals surface area (Å²) in [6.45, 7) is 1.29. The van der Waals surface area contributed by atoms with Crippen LogP contribution < -0.4 is 10.1 Å². The van der Waals surface area contributed by atoms with E-state index in [9.17, 15) is 18.0 Å². The Balaban J connectivity index is 1.91. The van der Waals surface area contributed by atoms with Crippen molar-refractivity contribution in [2.45, 2.75) is 32.1 Å². The highest BCUT2D eigenvalue weighted by Crippen LogP contribution is 2.22. The molecule has 1 aliphatic rings. The van der Waals surface area contributed by atoms with Crippen molar-refractivity contribution in [3.8, 4) is 5.75 Å². The third kappa shape index (κ3) is 4.13. The Kier molecular flexibility index (Phi) is 4.95. The van der Waals surface area contributed by atoms with Gasteiger partial charge in [0.05, 0.1) is 13.2 Å². The number of methoxy groups -OCH3 is 1.